The molecule has 0 saturated heterocycles. The molecule has 0 atom stereocenters. The molecule has 0 bridgehead atoms. The summed E-state index contributed by atoms with van der Waals surface area (Å²) in [6.45, 7) is 1.92. The van der Waals surface area contributed by atoms with Crippen molar-refractivity contribution in [2.75, 3.05) is 0 Å². The van der Waals surface area contributed by atoms with Gasteiger partial charge in [-0.1, -0.05) is 49.7 Å². The third kappa shape index (κ3) is 5.30. The summed E-state index contributed by atoms with van der Waals surface area (Å²) in [5.41, 5.74) is -0.700. The van der Waals surface area contributed by atoms with E-state index in [-0.39, 0.29) is 34.4 Å². The van der Waals surface area contributed by atoms with Crippen LogP contribution in [-0.2, 0) is 12.5 Å². The van der Waals surface area contributed by atoms with Crippen molar-refractivity contribution in [2.24, 2.45) is 0 Å². The van der Waals surface area contributed by atoms with E-state index < -0.39 is 52.3 Å². The molecule has 0 fully saturated rings. The van der Waals surface area contributed by atoms with Gasteiger partial charge in [0.1, 0.15) is 11.6 Å². The molecule has 0 spiro atoms. The first-order valence-electron chi connectivity index (χ1n) is 11.1. The van der Waals surface area contributed by atoms with Gasteiger partial charge in [0.15, 0.2) is 29.1 Å². The summed E-state index contributed by atoms with van der Waals surface area (Å²) in [6, 6.07) is 11.0. The Labute approximate surface area is 207 Å². The predicted molar refractivity (Wildman–Crippen MR) is 122 cm³/mol. The summed E-state index contributed by atoms with van der Waals surface area (Å²) in [5.74, 6) is -9.52. The van der Waals surface area contributed by atoms with Crippen LogP contribution in [0.25, 0.3) is 22.3 Å². The van der Waals surface area contributed by atoms with Crippen molar-refractivity contribution >= 4 is 0 Å². The van der Waals surface area contributed by atoms with Crippen molar-refractivity contribution in [3.63, 3.8) is 0 Å². The van der Waals surface area contributed by atoms with Gasteiger partial charge in [0.25, 0.3) is 0 Å². The second-order valence-electron chi connectivity index (χ2n) is 8.25. The Balaban J connectivity index is 1.60. The molecular weight excluding hydrogens is 504 g/mol. The summed E-state index contributed by atoms with van der Waals surface area (Å²) in [7, 11) is 0. The third-order valence-electron chi connectivity index (χ3n) is 5.68. The maximum Gasteiger partial charge on any atom is 0.426 e. The molecule has 0 aromatic heterocycles. The second-order valence-corrected chi connectivity index (χ2v) is 8.25. The minimum Gasteiger partial charge on any atom is -0.429 e. The Morgan fingerprint density at radius 3 is 1.78 bits per heavy atom. The molecule has 192 valence electrons. The van der Waals surface area contributed by atoms with E-state index in [1.165, 1.54) is 24.3 Å². The molecule has 0 amide bonds. The Morgan fingerprint density at radius 2 is 1.19 bits per heavy atom. The van der Waals surface area contributed by atoms with Gasteiger partial charge in [-0.15, -0.1) is 0 Å². The fourth-order valence-corrected chi connectivity index (χ4v) is 3.84. The van der Waals surface area contributed by atoms with Crippen LogP contribution in [0.15, 0.2) is 66.7 Å². The average molecular weight is 522 g/mol. The molecule has 37 heavy (non-hydrogen) atoms. The van der Waals surface area contributed by atoms with Crippen LogP contribution in [0, 0.1) is 34.9 Å². The van der Waals surface area contributed by atoms with Crippen molar-refractivity contribution in [1.29, 1.82) is 0 Å². The minimum atomic E-state index is -4.09. The first kappa shape index (κ1) is 26.2. The summed E-state index contributed by atoms with van der Waals surface area (Å²) in [6.07, 6.45) is -2.67. The molecule has 0 radical (unpaired) electrons. The zero-order chi connectivity index (χ0) is 26.9. The van der Waals surface area contributed by atoms with Crippen LogP contribution in [0.1, 0.15) is 24.5 Å². The van der Waals surface area contributed by atoms with Crippen molar-refractivity contribution in [2.45, 2.75) is 25.9 Å². The monoisotopic (exact) mass is 522 g/mol. The number of benzene rings is 4. The van der Waals surface area contributed by atoms with Gasteiger partial charge in [-0.25, -0.2) is 26.3 Å². The van der Waals surface area contributed by atoms with E-state index in [0.717, 1.165) is 36.2 Å². The standard InChI is InChI=1S/C28H18F8O/c1-2-3-15-4-9-20(22(29)12-15)21-11-10-19(25(32)26(21)33)16-5-7-17(8-6-16)28(35,36)37-18-13-23(30)27(34)24(31)14-18/h4-14H,2-3H2,1H3. The van der Waals surface area contributed by atoms with E-state index in [9.17, 15) is 35.1 Å². The summed E-state index contributed by atoms with van der Waals surface area (Å²) < 4.78 is 117. The van der Waals surface area contributed by atoms with Gasteiger partial charge in [-0.05, 0) is 35.7 Å². The molecule has 0 saturated carbocycles. The van der Waals surface area contributed by atoms with Crippen LogP contribution in [0.2, 0.25) is 0 Å². The first-order chi connectivity index (χ1) is 17.5. The topological polar surface area (TPSA) is 9.23 Å². The molecule has 0 aliphatic rings. The number of alkyl halides is 2. The lowest BCUT2D eigenvalue weighted by Gasteiger charge is -2.19. The lowest BCUT2D eigenvalue weighted by Crippen LogP contribution is -2.22. The quantitative estimate of drug-likeness (QED) is 0.174. The zero-order valence-corrected chi connectivity index (χ0v) is 19.2. The highest BCUT2D eigenvalue weighted by Crippen LogP contribution is 2.36. The molecular formula is C28H18F8O. The van der Waals surface area contributed by atoms with Crippen LogP contribution in [0.4, 0.5) is 35.1 Å². The van der Waals surface area contributed by atoms with Crippen molar-refractivity contribution < 1.29 is 39.9 Å². The maximum absolute atomic E-state index is 14.9. The van der Waals surface area contributed by atoms with Crippen molar-refractivity contribution in [3.8, 4) is 28.0 Å². The normalized spacial score (nSPS) is 11.6. The summed E-state index contributed by atoms with van der Waals surface area (Å²) >= 11 is 0. The van der Waals surface area contributed by atoms with Crippen molar-refractivity contribution in [3.05, 3.63) is 113 Å². The highest BCUT2D eigenvalue weighted by molar-refractivity contribution is 5.72. The predicted octanol–water partition coefficient (Wildman–Crippen LogP) is 8.94. The van der Waals surface area contributed by atoms with E-state index >= 15 is 0 Å². The van der Waals surface area contributed by atoms with E-state index in [1.807, 2.05) is 6.92 Å². The van der Waals surface area contributed by atoms with Crippen LogP contribution >= 0.6 is 0 Å². The SMILES string of the molecule is CCCc1ccc(-c2ccc(-c3ccc(C(F)(F)Oc4cc(F)c(F)c(F)c4)cc3)c(F)c2F)c(F)c1. The number of halogens is 8. The minimum absolute atomic E-state index is 0.0279. The maximum atomic E-state index is 14.9. The molecule has 0 unspecified atom stereocenters. The lowest BCUT2D eigenvalue weighted by atomic mass is 9.96. The zero-order valence-electron chi connectivity index (χ0n) is 19.2. The van der Waals surface area contributed by atoms with E-state index in [4.69, 9.17) is 0 Å². The van der Waals surface area contributed by atoms with E-state index in [2.05, 4.69) is 4.74 Å². The summed E-state index contributed by atoms with van der Waals surface area (Å²) in [4.78, 5) is 0. The van der Waals surface area contributed by atoms with E-state index in [1.54, 1.807) is 6.07 Å². The molecule has 4 rings (SSSR count). The van der Waals surface area contributed by atoms with Crippen LogP contribution in [-0.4, -0.2) is 0 Å². The average Bonchev–Trinajstić information content (AvgIpc) is 2.85. The van der Waals surface area contributed by atoms with Gasteiger partial charge >= 0.3 is 6.11 Å². The molecule has 4 aromatic carbocycles. The van der Waals surface area contributed by atoms with Crippen molar-refractivity contribution in [1.82, 2.24) is 0 Å². The lowest BCUT2D eigenvalue weighted by molar-refractivity contribution is -0.185. The fourth-order valence-electron chi connectivity index (χ4n) is 3.84. The third-order valence-corrected chi connectivity index (χ3v) is 5.68. The van der Waals surface area contributed by atoms with Gasteiger partial charge < -0.3 is 4.74 Å². The van der Waals surface area contributed by atoms with Gasteiger partial charge in [0.05, 0.1) is 5.56 Å². The largest absolute Gasteiger partial charge is 0.429 e. The molecule has 0 aliphatic carbocycles. The van der Waals surface area contributed by atoms with Gasteiger partial charge in [0, 0.05) is 28.8 Å². The fraction of sp³-hybridized carbons (Fsp3) is 0.143. The Kier molecular flexibility index (Phi) is 7.25. The molecule has 9 heteroatoms. The van der Waals surface area contributed by atoms with Gasteiger partial charge in [-0.2, -0.15) is 8.78 Å². The molecule has 0 N–H and O–H groups in total. The van der Waals surface area contributed by atoms with Gasteiger partial charge in [0.2, 0.25) is 0 Å². The van der Waals surface area contributed by atoms with Gasteiger partial charge in [-0.3, -0.25) is 0 Å². The number of ether oxygens (including phenoxy) is 1. The second kappa shape index (κ2) is 10.2. The highest BCUT2D eigenvalue weighted by Gasteiger charge is 2.35. The Hall–Kier alpha value is -3.88. The molecule has 0 heterocycles. The van der Waals surface area contributed by atoms with E-state index in [0.29, 0.717) is 6.42 Å². The number of hydrogen-bond acceptors (Lipinski definition) is 1. The molecule has 1 nitrogen and oxygen atoms in total. The smallest absolute Gasteiger partial charge is 0.426 e. The Morgan fingerprint density at radius 1 is 0.622 bits per heavy atom. The molecule has 4 aromatic rings. The van der Waals surface area contributed by atoms with Crippen LogP contribution in [0.5, 0.6) is 5.75 Å². The molecule has 0 aliphatic heterocycles. The first-order valence-corrected chi connectivity index (χ1v) is 11.1. The van der Waals surface area contributed by atoms with Crippen LogP contribution in [0.3, 0.4) is 0 Å². The summed E-state index contributed by atoms with van der Waals surface area (Å²) in [5, 5.41) is 0. The number of aryl methyl sites for hydroxylation is 1. The Bertz CT molecular complexity index is 1420. The number of hydrogen-bond donors (Lipinski definition) is 0. The van der Waals surface area contributed by atoms with Crippen LogP contribution < -0.4 is 4.74 Å². The number of rotatable bonds is 7. The highest BCUT2D eigenvalue weighted by atomic mass is 19.3.